The van der Waals surface area contributed by atoms with Gasteiger partial charge in [-0.15, -0.1) is 0 Å². The van der Waals surface area contributed by atoms with Crippen molar-refractivity contribution < 1.29 is 15.0 Å². The predicted molar refractivity (Wildman–Crippen MR) is 60.7 cm³/mol. The number of carbonyl (C=O) groups is 1. The van der Waals surface area contributed by atoms with Gasteiger partial charge in [0.15, 0.2) is 6.29 Å². The highest BCUT2D eigenvalue weighted by molar-refractivity contribution is 5.79. The van der Waals surface area contributed by atoms with Gasteiger partial charge in [-0.1, -0.05) is 6.07 Å². The average molecular weight is 220 g/mol. The number of aliphatic hydroxyl groups excluding tert-OH is 1. The smallest absolute Gasteiger partial charge is 0.153 e. The lowest BCUT2D eigenvalue weighted by molar-refractivity contribution is 0.111. The largest absolute Gasteiger partial charge is 0.507 e. The molecular weight excluding hydrogens is 204 g/mol. The molecule has 0 heterocycles. The minimum atomic E-state index is -0.168. The topological polar surface area (TPSA) is 57.5 Å². The molecule has 0 radical (unpaired) electrons. The second kappa shape index (κ2) is 4.66. The van der Waals surface area contributed by atoms with E-state index in [2.05, 4.69) is 0 Å². The third-order valence-corrected chi connectivity index (χ3v) is 3.35. The number of hydrogen-bond acceptors (Lipinski definition) is 3. The van der Waals surface area contributed by atoms with Gasteiger partial charge in [-0.05, 0) is 49.3 Å². The molecule has 1 aliphatic rings. The Labute approximate surface area is 94.7 Å². The van der Waals surface area contributed by atoms with E-state index in [1.807, 2.05) is 6.07 Å². The molecule has 0 aromatic heterocycles. The zero-order chi connectivity index (χ0) is 11.5. The van der Waals surface area contributed by atoms with Crippen LogP contribution in [0.25, 0.3) is 0 Å². The summed E-state index contributed by atoms with van der Waals surface area (Å²) in [7, 11) is 0. The van der Waals surface area contributed by atoms with Crippen molar-refractivity contribution in [2.45, 2.75) is 37.7 Å². The molecule has 0 bridgehead atoms. The summed E-state index contributed by atoms with van der Waals surface area (Å²) in [6, 6.07) is 5.19. The van der Waals surface area contributed by atoms with Gasteiger partial charge in [0.1, 0.15) is 5.75 Å². The molecule has 0 saturated heterocycles. The molecule has 1 aromatic rings. The number of aldehydes is 1. The van der Waals surface area contributed by atoms with E-state index in [4.69, 9.17) is 0 Å². The summed E-state index contributed by atoms with van der Waals surface area (Å²) >= 11 is 0. The SMILES string of the molecule is O=Cc1cc(C2CCC(O)CC2)ccc1O. The van der Waals surface area contributed by atoms with Gasteiger partial charge in [0.25, 0.3) is 0 Å². The van der Waals surface area contributed by atoms with Crippen molar-refractivity contribution in [2.24, 2.45) is 0 Å². The number of phenols is 1. The lowest BCUT2D eigenvalue weighted by Crippen LogP contribution is -2.17. The number of hydrogen-bond donors (Lipinski definition) is 2. The van der Waals surface area contributed by atoms with Gasteiger partial charge in [0.05, 0.1) is 11.7 Å². The number of aromatic hydroxyl groups is 1. The Kier molecular flexibility index (Phi) is 3.25. The minimum Gasteiger partial charge on any atom is -0.507 e. The molecule has 3 heteroatoms. The molecule has 1 aromatic carbocycles. The summed E-state index contributed by atoms with van der Waals surface area (Å²) in [6.45, 7) is 0. The molecule has 2 N–H and O–H groups in total. The van der Waals surface area contributed by atoms with Crippen LogP contribution in [-0.4, -0.2) is 22.6 Å². The minimum absolute atomic E-state index is 0.0367. The van der Waals surface area contributed by atoms with E-state index in [-0.39, 0.29) is 11.9 Å². The van der Waals surface area contributed by atoms with Crippen LogP contribution < -0.4 is 0 Å². The van der Waals surface area contributed by atoms with E-state index in [0.29, 0.717) is 17.8 Å². The Hall–Kier alpha value is -1.35. The highest BCUT2D eigenvalue weighted by Gasteiger charge is 2.21. The number of aliphatic hydroxyl groups is 1. The molecule has 86 valence electrons. The molecule has 1 fully saturated rings. The van der Waals surface area contributed by atoms with E-state index < -0.39 is 0 Å². The fourth-order valence-electron chi connectivity index (χ4n) is 2.33. The van der Waals surface area contributed by atoms with Gasteiger partial charge in [0.2, 0.25) is 0 Å². The van der Waals surface area contributed by atoms with Crippen molar-refractivity contribution >= 4 is 6.29 Å². The van der Waals surface area contributed by atoms with E-state index in [9.17, 15) is 15.0 Å². The molecule has 0 spiro atoms. The van der Waals surface area contributed by atoms with Crippen LogP contribution in [0.4, 0.5) is 0 Å². The number of carbonyl (C=O) groups excluding carboxylic acids is 1. The molecule has 1 saturated carbocycles. The van der Waals surface area contributed by atoms with Crippen LogP contribution in [0.1, 0.15) is 47.5 Å². The quantitative estimate of drug-likeness (QED) is 0.751. The molecule has 0 amide bonds. The zero-order valence-electron chi connectivity index (χ0n) is 9.10. The summed E-state index contributed by atoms with van der Waals surface area (Å²) in [5.74, 6) is 0.442. The van der Waals surface area contributed by atoms with Crippen molar-refractivity contribution in [2.75, 3.05) is 0 Å². The Morgan fingerprint density at radius 2 is 1.88 bits per heavy atom. The van der Waals surface area contributed by atoms with Crippen LogP contribution in [0.5, 0.6) is 5.75 Å². The summed E-state index contributed by atoms with van der Waals surface area (Å²) in [4.78, 5) is 10.7. The van der Waals surface area contributed by atoms with Crippen LogP contribution in [0.2, 0.25) is 0 Å². The first-order chi connectivity index (χ1) is 7.70. The maximum Gasteiger partial charge on any atom is 0.153 e. The maximum absolute atomic E-state index is 10.7. The highest BCUT2D eigenvalue weighted by Crippen LogP contribution is 2.34. The predicted octanol–water partition coefficient (Wildman–Crippen LogP) is 2.22. The van der Waals surface area contributed by atoms with E-state index in [1.165, 1.54) is 0 Å². The number of phenolic OH excluding ortho intramolecular Hbond substituents is 1. The number of rotatable bonds is 2. The van der Waals surface area contributed by atoms with Gasteiger partial charge < -0.3 is 10.2 Å². The first-order valence-corrected chi connectivity index (χ1v) is 5.67. The summed E-state index contributed by atoms with van der Waals surface area (Å²) in [5.41, 5.74) is 1.44. The van der Waals surface area contributed by atoms with Crippen LogP contribution >= 0.6 is 0 Å². The van der Waals surface area contributed by atoms with Crippen molar-refractivity contribution in [1.82, 2.24) is 0 Å². The van der Waals surface area contributed by atoms with Gasteiger partial charge in [0, 0.05) is 0 Å². The van der Waals surface area contributed by atoms with Crippen LogP contribution in [0, 0.1) is 0 Å². The molecule has 3 nitrogen and oxygen atoms in total. The molecule has 2 rings (SSSR count). The molecule has 0 aliphatic heterocycles. The lowest BCUT2D eigenvalue weighted by atomic mass is 9.82. The van der Waals surface area contributed by atoms with E-state index in [1.54, 1.807) is 12.1 Å². The van der Waals surface area contributed by atoms with Crippen LogP contribution in [-0.2, 0) is 0 Å². The first-order valence-electron chi connectivity index (χ1n) is 5.67. The molecule has 16 heavy (non-hydrogen) atoms. The third kappa shape index (κ3) is 2.25. The van der Waals surface area contributed by atoms with Crippen molar-refractivity contribution in [3.05, 3.63) is 29.3 Å². The fraction of sp³-hybridized carbons (Fsp3) is 0.462. The van der Waals surface area contributed by atoms with Crippen LogP contribution in [0.15, 0.2) is 18.2 Å². The second-order valence-electron chi connectivity index (χ2n) is 4.44. The van der Waals surface area contributed by atoms with Gasteiger partial charge in [-0.25, -0.2) is 0 Å². The monoisotopic (exact) mass is 220 g/mol. The molecular formula is C13H16O3. The Morgan fingerprint density at radius 1 is 1.19 bits per heavy atom. The summed E-state index contributed by atoms with van der Waals surface area (Å²) in [6.07, 6.45) is 4.05. The second-order valence-corrected chi connectivity index (χ2v) is 4.44. The molecule has 0 atom stereocenters. The zero-order valence-corrected chi connectivity index (χ0v) is 9.10. The fourth-order valence-corrected chi connectivity index (χ4v) is 2.33. The van der Waals surface area contributed by atoms with Crippen molar-refractivity contribution in [1.29, 1.82) is 0 Å². The first kappa shape index (κ1) is 11.1. The summed E-state index contributed by atoms with van der Waals surface area (Å²) < 4.78 is 0. The van der Waals surface area contributed by atoms with E-state index >= 15 is 0 Å². The van der Waals surface area contributed by atoms with E-state index in [0.717, 1.165) is 31.2 Å². The Bertz CT molecular complexity index is 379. The van der Waals surface area contributed by atoms with Gasteiger partial charge in [-0.3, -0.25) is 4.79 Å². The summed E-state index contributed by atoms with van der Waals surface area (Å²) in [5, 5.41) is 18.8. The third-order valence-electron chi connectivity index (χ3n) is 3.35. The Morgan fingerprint density at radius 3 is 2.50 bits per heavy atom. The van der Waals surface area contributed by atoms with Crippen LogP contribution in [0.3, 0.4) is 0 Å². The maximum atomic E-state index is 10.7. The van der Waals surface area contributed by atoms with Gasteiger partial charge in [-0.2, -0.15) is 0 Å². The van der Waals surface area contributed by atoms with Gasteiger partial charge >= 0.3 is 0 Å². The Balaban J connectivity index is 2.17. The van der Waals surface area contributed by atoms with Crippen molar-refractivity contribution in [3.8, 4) is 5.75 Å². The highest BCUT2D eigenvalue weighted by atomic mass is 16.3. The van der Waals surface area contributed by atoms with Crippen molar-refractivity contribution in [3.63, 3.8) is 0 Å². The molecule has 0 unspecified atom stereocenters. The normalized spacial score (nSPS) is 25.3. The molecule has 1 aliphatic carbocycles. The average Bonchev–Trinajstić information content (AvgIpc) is 2.31. The lowest BCUT2D eigenvalue weighted by Gasteiger charge is -2.25. The standard InChI is InChI=1S/C13H16O3/c14-8-11-7-10(3-6-13(11)16)9-1-4-12(15)5-2-9/h3,6-9,12,15-16H,1-2,4-5H2. The number of benzene rings is 1.